The summed E-state index contributed by atoms with van der Waals surface area (Å²) >= 11 is 11.9. The largest absolute Gasteiger partial charge is 0.370 e. The summed E-state index contributed by atoms with van der Waals surface area (Å²) in [4.78, 5) is 15.0. The predicted octanol–water partition coefficient (Wildman–Crippen LogP) is 4.79. The van der Waals surface area contributed by atoms with Gasteiger partial charge in [-0.05, 0) is 30.7 Å². The topological polar surface area (TPSA) is 68.1 Å². The Bertz CT molecular complexity index is 657. The van der Waals surface area contributed by atoms with Gasteiger partial charge in [0.05, 0.1) is 4.92 Å². The molecule has 2 aromatic rings. The van der Waals surface area contributed by atoms with Crippen molar-refractivity contribution in [3.05, 3.63) is 50.5 Å². The minimum atomic E-state index is -0.471. The molecule has 1 aromatic heterocycles. The second-order valence-electron chi connectivity index (χ2n) is 4.41. The van der Waals surface area contributed by atoms with Crippen LogP contribution in [0.1, 0.15) is 13.3 Å². The fraction of sp³-hybridized carbons (Fsp3) is 0.214. The van der Waals surface area contributed by atoms with Crippen molar-refractivity contribution in [1.82, 2.24) is 4.98 Å². The normalized spacial score (nSPS) is 10.4. The van der Waals surface area contributed by atoms with E-state index in [9.17, 15) is 10.1 Å². The Hall–Kier alpha value is -1.85. The smallest absolute Gasteiger partial charge is 0.295 e. The van der Waals surface area contributed by atoms with Crippen molar-refractivity contribution in [1.29, 1.82) is 0 Å². The number of rotatable bonds is 5. The first-order chi connectivity index (χ1) is 10.0. The molecule has 0 amide bonds. The van der Waals surface area contributed by atoms with Gasteiger partial charge < -0.3 is 5.32 Å². The predicted molar refractivity (Wildman–Crippen MR) is 85.1 cm³/mol. The number of nitrogens with one attached hydrogen (secondary N) is 1. The third-order valence-corrected chi connectivity index (χ3v) is 3.20. The Kier molecular flexibility index (Phi) is 4.98. The number of hydrogen-bond acceptors (Lipinski definition) is 4. The molecule has 0 saturated heterocycles. The monoisotopic (exact) mass is 325 g/mol. The molecule has 7 heteroatoms. The number of pyridine rings is 1. The van der Waals surface area contributed by atoms with Crippen molar-refractivity contribution in [3.63, 3.8) is 0 Å². The third kappa shape index (κ3) is 3.83. The molecule has 110 valence electrons. The molecule has 5 nitrogen and oxygen atoms in total. The Morgan fingerprint density at radius 2 is 1.90 bits per heavy atom. The molecule has 0 unspecified atom stereocenters. The van der Waals surface area contributed by atoms with Crippen LogP contribution in [0.5, 0.6) is 0 Å². The highest BCUT2D eigenvalue weighted by Crippen LogP contribution is 2.33. The average molecular weight is 326 g/mol. The molecular formula is C14H13Cl2N3O2. The summed E-state index contributed by atoms with van der Waals surface area (Å²) in [6, 6.07) is 7.79. The van der Waals surface area contributed by atoms with E-state index in [1.165, 1.54) is 6.07 Å². The van der Waals surface area contributed by atoms with Crippen molar-refractivity contribution >= 4 is 34.7 Å². The summed E-state index contributed by atoms with van der Waals surface area (Å²) < 4.78 is 0. The Balaban J connectivity index is 2.54. The summed E-state index contributed by atoms with van der Waals surface area (Å²) in [5.74, 6) is 0.577. The maximum absolute atomic E-state index is 11.2. The van der Waals surface area contributed by atoms with E-state index in [1.54, 1.807) is 24.3 Å². The second kappa shape index (κ2) is 6.74. The lowest BCUT2D eigenvalue weighted by atomic mass is 10.1. The van der Waals surface area contributed by atoms with Crippen LogP contribution in [0.4, 0.5) is 11.5 Å². The fourth-order valence-electron chi connectivity index (χ4n) is 1.85. The van der Waals surface area contributed by atoms with Crippen LogP contribution in [0, 0.1) is 10.1 Å². The van der Waals surface area contributed by atoms with E-state index < -0.39 is 4.92 Å². The van der Waals surface area contributed by atoms with E-state index >= 15 is 0 Å². The average Bonchev–Trinajstić information content (AvgIpc) is 2.43. The summed E-state index contributed by atoms with van der Waals surface area (Å²) in [6.45, 7) is 2.76. The molecule has 0 radical (unpaired) electrons. The van der Waals surface area contributed by atoms with E-state index in [0.29, 0.717) is 21.4 Å². The van der Waals surface area contributed by atoms with Crippen molar-refractivity contribution < 1.29 is 4.92 Å². The fourth-order valence-corrected chi connectivity index (χ4v) is 2.38. The van der Waals surface area contributed by atoms with Gasteiger partial charge in [0.2, 0.25) is 0 Å². The lowest BCUT2D eigenvalue weighted by Crippen LogP contribution is -2.04. The molecule has 1 heterocycles. The van der Waals surface area contributed by atoms with Crippen molar-refractivity contribution in [2.45, 2.75) is 13.3 Å². The summed E-state index contributed by atoms with van der Waals surface area (Å²) in [5, 5.41) is 15.1. The number of benzene rings is 1. The molecule has 21 heavy (non-hydrogen) atoms. The minimum Gasteiger partial charge on any atom is -0.370 e. The van der Waals surface area contributed by atoms with Gasteiger partial charge in [-0.15, -0.1) is 0 Å². The molecule has 1 aromatic carbocycles. The van der Waals surface area contributed by atoms with E-state index in [0.717, 1.165) is 13.0 Å². The van der Waals surface area contributed by atoms with E-state index in [2.05, 4.69) is 10.3 Å². The number of aromatic nitrogens is 1. The van der Waals surface area contributed by atoms with Gasteiger partial charge in [-0.25, -0.2) is 4.98 Å². The summed E-state index contributed by atoms with van der Waals surface area (Å²) in [6.07, 6.45) is 0.928. The van der Waals surface area contributed by atoms with E-state index in [-0.39, 0.29) is 11.4 Å². The van der Waals surface area contributed by atoms with Gasteiger partial charge in [-0.2, -0.15) is 0 Å². The minimum absolute atomic E-state index is 0.0876. The van der Waals surface area contributed by atoms with Crippen LogP contribution in [0.15, 0.2) is 30.3 Å². The van der Waals surface area contributed by atoms with Crippen molar-refractivity contribution in [2.75, 3.05) is 11.9 Å². The lowest BCUT2D eigenvalue weighted by Gasteiger charge is -2.08. The standard InChI is InChI=1S/C14H13Cl2N3O2/c1-2-5-17-13-4-3-12(19(20)21)14(18-13)9-6-10(15)8-11(16)7-9/h3-4,6-8H,2,5H2,1H3,(H,17,18). The molecule has 0 aliphatic rings. The van der Waals surface area contributed by atoms with Gasteiger partial charge in [0.25, 0.3) is 5.69 Å². The van der Waals surface area contributed by atoms with Crippen LogP contribution < -0.4 is 5.32 Å². The first-order valence-electron chi connectivity index (χ1n) is 6.37. The Morgan fingerprint density at radius 1 is 1.24 bits per heavy atom. The van der Waals surface area contributed by atoms with Gasteiger partial charge in [-0.1, -0.05) is 30.1 Å². The van der Waals surface area contributed by atoms with Crippen LogP contribution in [-0.2, 0) is 0 Å². The molecule has 0 fully saturated rings. The molecule has 0 aliphatic heterocycles. The van der Waals surface area contributed by atoms with Gasteiger partial charge in [-0.3, -0.25) is 10.1 Å². The second-order valence-corrected chi connectivity index (χ2v) is 5.28. The number of anilines is 1. The van der Waals surface area contributed by atoms with Gasteiger partial charge in [0.1, 0.15) is 5.82 Å². The van der Waals surface area contributed by atoms with Crippen LogP contribution in [0.3, 0.4) is 0 Å². The van der Waals surface area contributed by atoms with Crippen LogP contribution in [-0.4, -0.2) is 16.5 Å². The first-order valence-corrected chi connectivity index (χ1v) is 7.12. The number of halogens is 2. The molecule has 0 saturated carbocycles. The SMILES string of the molecule is CCCNc1ccc([N+](=O)[O-])c(-c2cc(Cl)cc(Cl)c2)n1. The molecule has 0 bridgehead atoms. The zero-order chi connectivity index (χ0) is 15.4. The maximum Gasteiger partial charge on any atom is 0.295 e. The number of hydrogen-bond donors (Lipinski definition) is 1. The van der Waals surface area contributed by atoms with E-state index in [4.69, 9.17) is 23.2 Å². The maximum atomic E-state index is 11.2. The van der Waals surface area contributed by atoms with Crippen molar-refractivity contribution in [2.24, 2.45) is 0 Å². The third-order valence-electron chi connectivity index (χ3n) is 2.76. The number of nitrogens with zero attached hydrogens (tertiary/aromatic N) is 2. The summed E-state index contributed by atoms with van der Waals surface area (Å²) in [7, 11) is 0. The highest BCUT2D eigenvalue weighted by Gasteiger charge is 2.18. The van der Waals surface area contributed by atoms with E-state index in [1.807, 2.05) is 6.92 Å². The highest BCUT2D eigenvalue weighted by molar-refractivity contribution is 6.35. The highest BCUT2D eigenvalue weighted by atomic mass is 35.5. The zero-order valence-electron chi connectivity index (χ0n) is 11.3. The van der Waals surface area contributed by atoms with Crippen LogP contribution >= 0.6 is 23.2 Å². The van der Waals surface area contributed by atoms with Gasteiger partial charge in [0, 0.05) is 28.2 Å². The molecule has 1 N–H and O–H groups in total. The quantitative estimate of drug-likeness (QED) is 0.634. The van der Waals surface area contributed by atoms with Crippen LogP contribution in [0.25, 0.3) is 11.3 Å². The Morgan fingerprint density at radius 3 is 2.48 bits per heavy atom. The van der Waals surface area contributed by atoms with Gasteiger partial charge in [0.15, 0.2) is 5.69 Å². The molecule has 2 rings (SSSR count). The number of nitro groups is 1. The van der Waals surface area contributed by atoms with Crippen LogP contribution in [0.2, 0.25) is 10.0 Å². The van der Waals surface area contributed by atoms with Crippen molar-refractivity contribution in [3.8, 4) is 11.3 Å². The zero-order valence-corrected chi connectivity index (χ0v) is 12.8. The molecule has 0 aliphatic carbocycles. The molecule has 0 spiro atoms. The Labute approximate surface area is 132 Å². The molecule has 0 atom stereocenters. The first kappa shape index (κ1) is 15.5. The lowest BCUT2D eigenvalue weighted by molar-refractivity contribution is -0.384. The molecular weight excluding hydrogens is 313 g/mol. The van der Waals surface area contributed by atoms with Gasteiger partial charge >= 0.3 is 0 Å². The summed E-state index contributed by atoms with van der Waals surface area (Å²) in [5.41, 5.74) is 0.667.